The summed E-state index contributed by atoms with van der Waals surface area (Å²) in [7, 11) is 0. The highest BCUT2D eigenvalue weighted by atomic mass is 16.4. The Bertz CT molecular complexity index is 925. The third-order valence-electron chi connectivity index (χ3n) is 3.51. The van der Waals surface area contributed by atoms with E-state index in [1.807, 2.05) is 6.92 Å². The van der Waals surface area contributed by atoms with Crippen LogP contribution in [-0.2, 0) is 0 Å². The van der Waals surface area contributed by atoms with Crippen LogP contribution in [0.1, 0.15) is 5.56 Å². The van der Waals surface area contributed by atoms with E-state index >= 15 is 0 Å². The number of rotatable bonds is 2. The summed E-state index contributed by atoms with van der Waals surface area (Å²) in [6.07, 6.45) is 3.53. The van der Waals surface area contributed by atoms with Crippen molar-refractivity contribution in [1.29, 1.82) is 0 Å². The number of nitrogen functional groups attached to an aromatic ring is 2. The van der Waals surface area contributed by atoms with Gasteiger partial charge < -0.3 is 16.6 Å². The molecule has 3 aromatic heterocycles. The minimum atomic E-state index is -1.19. The fourth-order valence-electron chi connectivity index (χ4n) is 2.29. The Balaban J connectivity index is 2.19. The molecule has 3 heterocycles. The van der Waals surface area contributed by atoms with Crippen LogP contribution in [0.25, 0.3) is 22.0 Å². The maximum Gasteiger partial charge on any atom is 0.410 e. The quantitative estimate of drug-likeness (QED) is 0.569. The molecule has 1 amide bonds. The number of hydrogen-bond donors (Lipinski definition) is 4. The summed E-state index contributed by atoms with van der Waals surface area (Å²) in [6.45, 7) is 1.87. The molecular weight excluding hydrogens is 296 g/mol. The van der Waals surface area contributed by atoms with Crippen molar-refractivity contribution < 1.29 is 9.90 Å². The summed E-state index contributed by atoms with van der Waals surface area (Å²) in [6, 6.07) is 3.39. The van der Waals surface area contributed by atoms with Crippen molar-refractivity contribution in [2.24, 2.45) is 0 Å². The SMILES string of the molecule is Cc1c(N)cncc1-c1cc2cc(NC(=O)O)ncc2c(N)n1. The molecule has 6 N–H and O–H groups in total. The summed E-state index contributed by atoms with van der Waals surface area (Å²) >= 11 is 0. The van der Waals surface area contributed by atoms with Crippen molar-refractivity contribution in [3.8, 4) is 11.3 Å². The van der Waals surface area contributed by atoms with E-state index in [9.17, 15) is 4.79 Å². The molecule has 0 aliphatic heterocycles. The molecule has 3 rings (SSSR count). The van der Waals surface area contributed by atoms with Crippen LogP contribution in [0.4, 0.5) is 22.1 Å². The predicted octanol–water partition coefficient (Wildman–Crippen LogP) is 2.25. The number of amides is 1. The molecule has 0 spiro atoms. The lowest BCUT2D eigenvalue weighted by atomic mass is 10.0. The minimum Gasteiger partial charge on any atom is -0.465 e. The molecule has 0 saturated carbocycles. The molecule has 0 radical (unpaired) electrons. The topological polar surface area (TPSA) is 140 Å². The Morgan fingerprint density at radius 3 is 2.74 bits per heavy atom. The van der Waals surface area contributed by atoms with Gasteiger partial charge in [0, 0.05) is 23.3 Å². The van der Waals surface area contributed by atoms with E-state index in [2.05, 4.69) is 20.3 Å². The van der Waals surface area contributed by atoms with E-state index in [0.717, 1.165) is 11.1 Å². The number of pyridine rings is 3. The second kappa shape index (κ2) is 5.41. The highest BCUT2D eigenvalue weighted by molar-refractivity contribution is 5.96. The molecule has 8 nitrogen and oxygen atoms in total. The average Bonchev–Trinajstić information content (AvgIpc) is 2.49. The molecule has 8 heteroatoms. The number of aromatic nitrogens is 3. The lowest BCUT2D eigenvalue weighted by Gasteiger charge is -2.10. The summed E-state index contributed by atoms with van der Waals surface area (Å²) in [5, 5.41) is 12.3. The molecule has 0 unspecified atom stereocenters. The Morgan fingerprint density at radius 1 is 1.22 bits per heavy atom. The number of fused-ring (bicyclic) bond motifs is 1. The maximum absolute atomic E-state index is 10.7. The number of nitrogens with zero attached hydrogens (tertiary/aromatic N) is 3. The van der Waals surface area contributed by atoms with E-state index < -0.39 is 6.09 Å². The van der Waals surface area contributed by atoms with Gasteiger partial charge in [-0.15, -0.1) is 0 Å². The van der Waals surface area contributed by atoms with Gasteiger partial charge in [0.1, 0.15) is 11.6 Å². The van der Waals surface area contributed by atoms with Crippen LogP contribution in [0.5, 0.6) is 0 Å². The van der Waals surface area contributed by atoms with Gasteiger partial charge in [-0.1, -0.05) is 0 Å². The minimum absolute atomic E-state index is 0.212. The molecule has 0 atom stereocenters. The molecule has 0 aliphatic carbocycles. The van der Waals surface area contributed by atoms with Crippen molar-refractivity contribution in [3.63, 3.8) is 0 Å². The highest BCUT2D eigenvalue weighted by Gasteiger charge is 2.11. The molecule has 0 aromatic carbocycles. The number of nitrogens with one attached hydrogen (secondary N) is 1. The van der Waals surface area contributed by atoms with Crippen LogP contribution in [-0.4, -0.2) is 26.2 Å². The summed E-state index contributed by atoms with van der Waals surface area (Å²) in [4.78, 5) is 23.2. The fourth-order valence-corrected chi connectivity index (χ4v) is 2.29. The van der Waals surface area contributed by atoms with Crippen LogP contribution in [0, 0.1) is 6.92 Å². The molecule has 116 valence electrons. The van der Waals surface area contributed by atoms with Gasteiger partial charge in [-0.05, 0) is 30.0 Å². The number of anilines is 3. The Hall–Kier alpha value is -3.42. The van der Waals surface area contributed by atoms with Crippen LogP contribution in [0.15, 0.2) is 30.7 Å². The largest absolute Gasteiger partial charge is 0.465 e. The lowest BCUT2D eigenvalue weighted by molar-refractivity contribution is 0.209. The number of carboxylic acid groups (broad SMARTS) is 1. The van der Waals surface area contributed by atoms with Crippen molar-refractivity contribution >= 4 is 34.2 Å². The van der Waals surface area contributed by atoms with Gasteiger partial charge >= 0.3 is 6.09 Å². The zero-order chi connectivity index (χ0) is 16.6. The first-order valence-electron chi connectivity index (χ1n) is 6.72. The zero-order valence-electron chi connectivity index (χ0n) is 12.2. The molecule has 0 saturated heterocycles. The molecular formula is C15H14N6O2. The van der Waals surface area contributed by atoms with E-state index in [0.29, 0.717) is 28.0 Å². The smallest absolute Gasteiger partial charge is 0.410 e. The van der Waals surface area contributed by atoms with Crippen molar-refractivity contribution in [2.75, 3.05) is 16.8 Å². The number of carbonyl (C=O) groups is 1. The molecule has 0 fully saturated rings. The first-order valence-corrected chi connectivity index (χ1v) is 6.72. The van der Waals surface area contributed by atoms with Gasteiger partial charge in [0.2, 0.25) is 0 Å². The summed E-state index contributed by atoms with van der Waals surface area (Å²) in [5.74, 6) is 0.512. The third kappa shape index (κ3) is 2.69. The fraction of sp³-hybridized carbons (Fsp3) is 0.0667. The monoisotopic (exact) mass is 310 g/mol. The van der Waals surface area contributed by atoms with Crippen LogP contribution >= 0.6 is 0 Å². The van der Waals surface area contributed by atoms with Crippen molar-refractivity contribution in [3.05, 3.63) is 36.3 Å². The van der Waals surface area contributed by atoms with Crippen LogP contribution < -0.4 is 16.8 Å². The summed E-state index contributed by atoms with van der Waals surface area (Å²) in [5.41, 5.74) is 14.7. The molecule has 0 bridgehead atoms. The van der Waals surface area contributed by atoms with Crippen molar-refractivity contribution in [2.45, 2.75) is 6.92 Å². The van der Waals surface area contributed by atoms with Gasteiger partial charge in [0.15, 0.2) is 0 Å². The highest BCUT2D eigenvalue weighted by Crippen LogP contribution is 2.30. The van der Waals surface area contributed by atoms with Crippen LogP contribution in [0.3, 0.4) is 0 Å². The molecule has 23 heavy (non-hydrogen) atoms. The zero-order valence-corrected chi connectivity index (χ0v) is 12.2. The first kappa shape index (κ1) is 14.5. The second-order valence-corrected chi connectivity index (χ2v) is 5.01. The van der Waals surface area contributed by atoms with Gasteiger partial charge in [-0.2, -0.15) is 0 Å². The second-order valence-electron chi connectivity index (χ2n) is 5.01. The van der Waals surface area contributed by atoms with Gasteiger partial charge in [0.25, 0.3) is 0 Å². The van der Waals surface area contributed by atoms with Gasteiger partial charge in [0.05, 0.1) is 17.6 Å². The Kier molecular flexibility index (Phi) is 3.41. The van der Waals surface area contributed by atoms with E-state index in [-0.39, 0.29) is 5.82 Å². The number of nitrogens with two attached hydrogens (primary N) is 2. The Morgan fingerprint density at radius 2 is 2.00 bits per heavy atom. The predicted molar refractivity (Wildman–Crippen MR) is 88.0 cm³/mol. The maximum atomic E-state index is 10.7. The van der Waals surface area contributed by atoms with E-state index in [1.165, 1.54) is 6.20 Å². The van der Waals surface area contributed by atoms with Crippen molar-refractivity contribution in [1.82, 2.24) is 15.0 Å². The standard InChI is InChI=1S/C15H14N6O2/c1-7-9(4-18-6-11(7)16)12-2-8-3-13(21-15(22)23)19-5-10(8)14(17)20-12/h2-6H,16H2,1H3,(H2,17,20)(H,19,21)(H,22,23). The molecule has 3 aromatic rings. The Labute approximate surface area is 131 Å². The first-order chi connectivity index (χ1) is 11.0. The van der Waals surface area contributed by atoms with Gasteiger partial charge in [-0.25, -0.2) is 14.8 Å². The van der Waals surface area contributed by atoms with E-state index in [1.54, 1.807) is 24.5 Å². The number of hydrogen-bond acceptors (Lipinski definition) is 6. The average molecular weight is 310 g/mol. The summed E-state index contributed by atoms with van der Waals surface area (Å²) < 4.78 is 0. The lowest BCUT2D eigenvalue weighted by Crippen LogP contribution is -2.08. The van der Waals surface area contributed by atoms with E-state index in [4.69, 9.17) is 16.6 Å². The normalized spacial score (nSPS) is 10.7. The third-order valence-corrected chi connectivity index (χ3v) is 3.51. The van der Waals surface area contributed by atoms with Gasteiger partial charge in [-0.3, -0.25) is 10.3 Å². The molecule has 0 aliphatic rings. The van der Waals surface area contributed by atoms with Crippen LogP contribution in [0.2, 0.25) is 0 Å².